The van der Waals surface area contributed by atoms with Crippen LogP contribution in [0.1, 0.15) is 17.3 Å². The molecule has 0 saturated carbocycles. The molecule has 2 aromatic heterocycles. The Labute approximate surface area is 157 Å². The number of fused-ring (bicyclic) bond motifs is 1. The van der Waals surface area contributed by atoms with Gasteiger partial charge in [-0.05, 0) is 13.0 Å². The first-order chi connectivity index (χ1) is 13.2. The third kappa shape index (κ3) is 3.08. The Morgan fingerprint density at radius 1 is 0.963 bits per heavy atom. The number of benzene rings is 2. The van der Waals surface area contributed by atoms with Crippen LogP contribution in [0, 0.1) is 0 Å². The molecule has 0 N–H and O–H groups in total. The van der Waals surface area contributed by atoms with Crippen LogP contribution < -0.4 is 0 Å². The predicted molar refractivity (Wildman–Crippen MR) is 105 cm³/mol. The number of pyridine rings is 1. The lowest BCUT2D eigenvalue weighted by Crippen LogP contribution is -2.08. The van der Waals surface area contributed by atoms with Crippen LogP contribution in [-0.2, 0) is 11.8 Å². The molecule has 0 fully saturated rings. The maximum absolute atomic E-state index is 12.6. The summed E-state index contributed by atoms with van der Waals surface area (Å²) in [5.74, 6) is -0.381. The summed E-state index contributed by atoms with van der Waals surface area (Å²) in [7, 11) is 1.86. The van der Waals surface area contributed by atoms with Crippen molar-refractivity contribution in [3.05, 3.63) is 72.3 Å². The summed E-state index contributed by atoms with van der Waals surface area (Å²) in [5.41, 5.74) is 4.41. The quantitative estimate of drug-likeness (QED) is 0.505. The average Bonchev–Trinajstić information content (AvgIpc) is 3.04. The molecule has 134 valence electrons. The minimum absolute atomic E-state index is 0.309. The number of aryl methyl sites for hydroxylation is 1. The topological polar surface area (TPSA) is 57.0 Å². The van der Waals surface area contributed by atoms with Gasteiger partial charge < -0.3 is 4.74 Å². The smallest absolute Gasteiger partial charge is 0.340 e. The lowest BCUT2D eigenvalue weighted by molar-refractivity contribution is 0.0527. The van der Waals surface area contributed by atoms with Gasteiger partial charge in [0.2, 0.25) is 0 Å². The first-order valence-corrected chi connectivity index (χ1v) is 8.84. The van der Waals surface area contributed by atoms with Gasteiger partial charge in [0.25, 0.3) is 0 Å². The highest BCUT2D eigenvalue weighted by Gasteiger charge is 2.21. The standard InChI is InChI=1S/C22H19N3O2/c1-3-27-22(26)18-14-17-20(16-12-8-5-9-13-16)24-25(2)21(17)23-19(18)15-10-6-4-7-11-15/h4-14H,3H2,1-2H3. The molecule has 0 radical (unpaired) electrons. The second-order valence-electron chi connectivity index (χ2n) is 6.18. The Morgan fingerprint density at radius 3 is 2.15 bits per heavy atom. The Kier molecular flexibility index (Phi) is 4.42. The van der Waals surface area contributed by atoms with E-state index < -0.39 is 0 Å². The maximum Gasteiger partial charge on any atom is 0.340 e. The third-order valence-corrected chi connectivity index (χ3v) is 4.40. The van der Waals surface area contributed by atoms with E-state index in [1.165, 1.54) is 0 Å². The molecule has 27 heavy (non-hydrogen) atoms. The van der Waals surface area contributed by atoms with Crippen LogP contribution in [0.2, 0.25) is 0 Å². The second kappa shape index (κ2) is 7.03. The summed E-state index contributed by atoms with van der Waals surface area (Å²) in [5, 5.41) is 5.47. The number of ether oxygens (including phenoxy) is 1. The molecule has 4 aromatic rings. The predicted octanol–water partition coefficient (Wildman–Crippen LogP) is 4.48. The number of esters is 1. The van der Waals surface area contributed by atoms with Crippen molar-refractivity contribution in [3.63, 3.8) is 0 Å². The molecule has 0 spiro atoms. The molecule has 2 aromatic carbocycles. The van der Waals surface area contributed by atoms with Crippen molar-refractivity contribution in [2.45, 2.75) is 6.92 Å². The van der Waals surface area contributed by atoms with Gasteiger partial charge in [-0.1, -0.05) is 60.7 Å². The number of nitrogens with zero attached hydrogens (tertiary/aromatic N) is 3. The second-order valence-corrected chi connectivity index (χ2v) is 6.18. The summed E-state index contributed by atoms with van der Waals surface area (Å²) < 4.78 is 7.03. The van der Waals surface area contributed by atoms with E-state index in [1.807, 2.05) is 73.8 Å². The Bertz CT molecular complexity index is 1100. The van der Waals surface area contributed by atoms with E-state index in [0.717, 1.165) is 27.9 Å². The van der Waals surface area contributed by atoms with E-state index >= 15 is 0 Å². The fourth-order valence-electron chi connectivity index (χ4n) is 3.17. The monoisotopic (exact) mass is 357 g/mol. The highest BCUT2D eigenvalue weighted by atomic mass is 16.5. The Hall–Kier alpha value is -3.47. The van der Waals surface area contributed by atoms with Crippen molar-refractivity contribution >= 4 is 17.0 Å². The average molecular weight is 357 g/mol. The van der Waals surface area contributed by atoms with Crippen molar-refractivity contribution in [3.8, 4) is 22.5 Å². The Balaban J connectivity index is 2.00. The zero-order chi connectivity index (χ0) is 18.8. The van der Waals surface area contributed by atoms with Crippen molar-refractivity contribution < 1.29 is 9.53 Å². The first kappa shape index (κ1) is 17.0. The van der Waals surface area contributed by atoms with Crippen molar-refractivity contribution in [2.75, 3.05) is 6.61 Å². The van der Waals surface area contributed by atoms with E-state index in [-0.39, 0.29) is 5.97 Å². The Morgan fingerprint density at radius 2 is 1.56 bits per heavy atom. The molecule has 5 heteroatoms. The van der Waals surface area contributed by atoms with E-state index in [4.69, 9.17) is 9.72 Å². The fourth-order valence-corrected chi connectivity index (χ4v) is 3.17. The van der Waals surface area contributed by atoms with E-state index in [0.29, 0.717) is 17.9 Å². The number of hydrogen-bond acceptors (Lipinski definition) is 4. The van der Waals surface area contributed by atoms with Gasteiger partial charge in [0, 0.05) is 23.6 Å². The van der Waals surface area contributed by atoms with Crippen LogP contribution in [0.5, 0.6) is 0 Å². The van der Waals surface area contributed by atoms with Crippen molar-refractivity contribution in [2.24, 2.45) is 7.05 Å². The highest BCUT2D eigenvalue weighted by Crippen LogP contribution is 2.31. The molecule has 0 aliphatic heterocycles. The summed E-state index contributed by atoms with van der Waals surface area (Å²) >= 11 is 0. The van der Waals surface area contributed by atoms with Gasteiger partial charge in [0.15, 0.2) is 5.65 Å². The number of carbonyl (C=O) groups excluding carboxylic acids is 1. The van der Waals surface area contributed by atoms with Crippen LogP contribution in [-0.4, -0.2) is 27.3 Å². The molecule has 0 amide bonds. The number of aromatic nitrogens is 3. The zero-order valence-corrected chi connectivity index (χ0v) is 15.2. The normalized spacial score (nSPS) is 10.9. The van der Waals surface area contributed by atoms with Crippen LogP contribution in [0.25, 0.3) is 33.5 Å². The highest BCUT2D eigenvalue weighted by molar-refractivity contribution is 6.03. The largest absolute Gasteiger partial charge is 0.462 e. The molecule has 0 unspecified atom stereocenters. The van der Waals surface area contributed by atoms with Crippen LogP contribution in [0.15, 0.2) is 66.7 Å². The molecule has 5 nitrogen and oxygen atoms in total. The molecule has 0 atom stereocenters. The summed E-state index contributed by atoms with van der Waals surface area (Å²) in [6.45, 7) is 2.11. The van der Waals surface area contributed by atoms with Gasteiger partial charge in [0.1, 0.15) is 5.69 Å². The zero-order valence-electron chi connectivity index (χ0n) is 15.2. The van der Waals surface area contributed by atoms with Crippen LogP contribution in [0.3, 0.4) is 0 Å². The summed E-state index contributed by atoms with van der Waals surface area (Å²) in [6, 6.07) is 21.4. The van der Waals surface area contributed by atoms with Gasteiger partial charge in [-0.2, -0.15) is 5.10 Å². The SMILES string of the molecule is CCOC(=O)c1cc2c(-c3ccccc3)nn(C)c2nc1-c1ccccc1. The molecule has 2 heterocycles. The molecule has 0 aliphatic carbocycles. The van der Waals surface area contributed by atoms with E-state index in [1.54, 1.807) is 11.6 Å². The molecule has 0 saturated heterocycles. The first-order valence-electron chi connectivity index (χ1n) is 8.84. The van der Waals surface area contributed by atoms with Gasteiger partial charge in [-0.15, -0.1) is 0 Å². The van der Waals surface area contributed by atoms with Gasteiger partial charge in [-0.3, -0.25) is 0 Å². The van der Waals surface area contributed by atoms with Crippen molar-refractivity contribution in [1.29, 1.82) is 0 Å². The van der Waals surface area contributed by atoms with Crippen LogP contribution >= 0.6 is 0 Å². The number of hydrogen-bond donors (Lipinski definition) is 0. The van der Waals surface area contributed by atoms with Crippen LogP contribution in [0.4, 0.5) is 0 Å². The van der Waals surface area contributed by atoms with E-state index in [2.05, 4.69) is 5.10 Å². The van der Waals surface area contributed by atoms with Crippen molar-refractivity contribution in [1.82, 2.24) is 14.8 Å². The van der Waals surface area contributed by atoms with Gasteiger partial charge >= 0.3 is 5.97 Å². The lowest BCUT2D eigenvalue weighted by Gasteiger charge is -2.09. The molecule has 0 bridgehead atoms. The molecule has 0 aliphatic rings. The number of rotatable bonds is 4. The third-order valence-electron chi connectivity index (χ3n) is 4.40. The lowest BCUT2D eigenvalue weighted by atomic mass is 10.0. The molecular formula is C22H19N3O2. The van der Waals surface area contributed by atoms with Gasteiger partial charge in [0.05, 0.1) is 17.9 Å². The molecule has 4 rings (SSSR count). The minimum Gasteiger partial charge on any atom is -0.462 e. The summed E-state index contributed by atoms with van der Waals surface area (Å²) in [4.78, 5) is 17.4. The summed E-state index contributed by atoms with van der Waals surface area (Å²) in [6.07, 6.45) is 0. The molecular weight excluding hydrogens is 338 g/mol. The minimum atomic E-state index is -0.381. The van der Waals surface area contributed by atoms with Gasteiger partial charge in [-0.25, -0.2) is 14.5 Å². The number of carbonyl (C=O) groups is 1. The maximum atomic E-state index is 12.6. The fraction of sp³-hybridized carbons (Fsp3) is 0.136. The van der Waals surface area contributed by atoms with E-state index in [9.17, 15) is 4.79 Å².